The number of imide groups is 2. The van der Waals surface area contributed by atoms with Crippen molar-refractivity contribution in [1.29, 1.82) is 0 Å². The summed E-state index contributed by atoms with van der Waals surface area (Å²) in [7, 11) is 0. The van der Waals surface area contributed by atoms with Crippen molar-refractivity contribution in [1.82, 2.24) is 5.32 Å². The van der Waals surface area contributed by atoms with Crippen molar-refractivity contribution in [2.75, 3.05) is 23.4 Å². The van der Waals surface area contributed by atoms with E-state index < -0.39 is 30.4 Å². The number of halogens is 4. The van der Waals surface area contributed by atoms with Gasteiger partial charge in [-0.1, -0.05) is 52.5 Å². The summed E-state index contributed by atoms with van der Waals surface area (Å²) in [5.41, 5.74) is 0.582. The number of hydrogen-bond acceptors (Lipinski definition) is 6. The highest BCUT2D eigenvalue weighted by Crippen LogP contribution is 2.38. The third-order valence-electron chi connectivity index (χ3n) is 5.36. The first-order valence-corrected chi connectivity index (χ1v) is 13.1. The summed E-state index contributed by atoms with van der Waals surface area (Å²) >= 11 is 24.3. The number of barbiturate groups is 1. The van der Waals surface area contributed by atoms with Gasteiger partial charge >= 0.3 is 6.03 Å². The molecule has 4 rings (SSSR count). The van der Waals surface area contributed by atoms with Gasteiger partial charge in [-0.2, -0.15) is 0 Å². The Morgan fingerprint density at radius 1 is 0.950 bits per heavy atom. The Morgan fingerprint density at radius 3 is 2.42 bits per heavy atom. The summed E-state index contributed by atoms with van der Waals surface area (Å²) in [6, 6.07) is 12.7. The molecule has 3 aromatic rings. The first-order chi connectivity index (χ1) is 19.1. The predicted molar refractivity (Wildman–Crippen MR) is 154 cm³/mol. The number of carbonyl (C=O) groups is 4. The van der Waals surface area contributed by atoms with E-state index in [1.54, 1.807) is 31.2 Å². The van der Waals surface area contributed by atoms with Crippen LogP contribution in [0.15, 0.2) is 60.2 Å². The lowest BCUT2D eigenvalue weighted by atomic mass is 10.1. The number of nitrogens with zero attached hydrogens (tertiary/aromatic N) is 1. The molecule has 3 aromatic carbocycles. The van der Waals surface area contributed by atoms with Crippen LogP contribution >= 0.6 is 46.4 Å². The van der Waals surface area contributed by atoms with E-state index in [0.29, 0.717) is 21.3 Å². The molecule has 5 amide bonds. The third kappa shape index (κ3) is 6.68. The molecule has 1 fully saturated rings. The maximum absolute atomic E-state index is 13.2. The fourth-order valence-electron chi connectivity index (χ4n) is 3.66. The number of amides is 5. The van der Waals surface area contributed by atoms with Crippen LogP contribution in [0.1, 0.15) is 12.5 Å². The van der Waals surface area contributed by atoms with Crippen LogP contribution < -0.4 is 25.0 Å². The molecule has 1 aliphatic rings. The van der Waals surface area contributed by atoms with Crippen LogP contribution in [-0.2, 0) is 14.4 Å². The monoisotopic (exact) mass is 621 g/mol. The van der Waals surface area contributed by atoms with Crippen molar-refractivity contribution >= 4 is 87.6 Å². The Kier molecular flexibility index (Phi) is 9.21. The number of rotatable bonds is 8. The number of ether oxygens (including phenoxy) is 2. The van der Waals surface area contributed by atoms with Crippen LogP contribution in [0.25, 0.3) is 6.08 Å². The van der Waals surface area contributed by atoms with Crippen LogP contribution in [0.2, 0.25) is 20.1 Å². The smallest absolute Gasteiger partial charge is 0.335 e. The average Bonchev–Trinajstić information content (AvgIpc) is 2.88. The Bertz CT molecular complexity index is 1560. The van der Waals surface area contributed by atoms with Crippen molar-refractivity contribution in [3.05, 3.63) is 85.8 Å². The summed E-state index contributed by atoms with van der Waals surface area (Å²) in [6.07, 6.45) is 1.26. The van der Waals surface area contributed by atoms with E-state index in [4.69, 9.17) is 55.9 Å². The van der Waals surface area contributed by atoms with Crippen molar-refractivity contribution in [3.8, 4) is 11.5 Å². The molecule has 206 valence electrons. The minimum atomic E-state index is -0.912. The van der Waals surface area contributed by atoms with Gasteiger partial charge in [-0.05, 0) is 67.1 Å². The van der Waals surface area contributed by atoms with Gasteiger partial charge in [-0.15, -0.1) is 0 Å². The normalized spacial score (nSPS) is 14.3. The Morgan fingerprint density at radius 2 is 1.73 bits per heavy atom. The summed E-state index contributed by atoms with van der Waals surface area (Å²) in [5, 5.41) is 5.73. The van der Waals surface area contributed by atoms with Gasteiger partial charge in [-0.25, -0.2) is 9.69 Å². The first kappa shape index (κ1) is 29.2. The number of urea groups is 1. The standard InChI is InChI=1S/C27H19Cl4N3O6/c1-2-39-22-10-14(8-18-25(36)33-27(38)34(26(18)37)17-5-3-4-15(28)11-17)9-21(31)24(22)40-13-23(35)32-16-6-7-19(29)20(30)12-16/h3-12H,2,13H2,1H3,(H,32,35)(H,33,36,38)/b18-8+. The Hall–Kier alpha value is -3.76. The van der Waals surface area contributed by atoms with Crippen molar-refractivity contribution in [2.45, 2.75) is 6.92 Å². The molecule has 13 heteroatoms. The first-order valence-electron chi connectivity index (χ1n) is 11.6. The zero-order valence-electron chi connectivity index (χ0n) is 20.6. The number of anilines is 2. The lowest BCUT2D eigenvalue weighted by Crippen LogP contribution is -2.54. The molecular formula is C27H19Cl4N3O6. The molecule has 0 aromatic heterocycles. The molecule has 2 N–H and O–H groups in total. The highest BCUT2D eigenvalue weighted by Gasteiger charge is 2.37. The van der Waals surface area contributed by atoms with Crippen molar-refractivity contribution in [2.24, 2.45) is 0 Å². The molecule has 0 spiro atoms. The van der Waals surface area contributed by atoms with Crippen LogP contribution in [0.3, 0.4) is 0 Å². The second-order valence-electron chi connectivity index (χ2n) is 8.17. The summed E-state index contributed by atoms with van der Waals surface area (Å²) < 4.78 is 11.3. The van der Waals surface area contributed by atoms with Crippen molar-refractivity contribution < 1.29 is 28.7 Å². The fraction of sp³-hybridized carbons (Fsp3) is 0.111. The highest BCUT2D eigenvalue weighted by molar-refractivity contribution is 6.42. The summed E-state index contributed by atoms with van der Waals surface area (Å²) in [6.45, 7) is 1.53. The zero-order chi connectivity index (χ0) is 29.0. The maximum Gasteiger partial charge on any atom is 0.335 e. The largest absolute Gasteiger partial charge is 0.490 e. The van der Waals surface area contributed by atoms with Crippen LogP contribution in [0.5, 0.6) is 11.5 Å². The molecule has 0 saturated carbocycles. The van der Waals surface area contributed by atoms with Gasteiger partial charge in [0.1, 0.15) is 5.57 Å². The van der Waals surface area contributed by atoms with Gasteiger partial charge < -0.3 is 14.8 Å². The molecule has 9 nitrogen and oxygen atoms in total. The Labute approximate surface area is 248 Å². The van der Waals surface area contributed by atoms with Gasteiger partial charge in [0.2, 0.25) is 0 Å². The predicted octanol–water partition coefficient (Wildman–Crippen LogP) is 6.38. The Balaban J connectivity index is 1.57. The number of carbonyl (C=O) groups excluding carboxylic acids is 4. The van der Waals surface area contributed by atoms with E-state index in [1.165, 1.54) is 36.4 Å². The van der Waals surface area contributed by atoms with Crippen LogP contribution in [0.4, 0.5) is 16.2 Å². The van der Waals surface area contributed by atoms with Crippen LogP contribution in [-0.4, -0.2) is 37.0 Å². The van der Waals surface area contributed by atoms with E-state index in [0.717, 1.165) is 4.90 Å². The molecule has 0 unspecified atom stereocenters. The second kappa shape index (κ2) is 12.6. The minimum Gasteiger partial charge on any atom is -0.490 e. The molecule has 0 radical (unpaired) electrons. The van der Waals surface area contributed by atoms with E-state index in [1.807, 2.05) is 0 Å². The molecule has 0 aliphatic carbocycles. The SMILES string of the molecule is CCOc1cc(/C=C2\C(=O)NC(=O)N(c3cccc(Cl)c3)C2=O)cc(Cl)c1OCC(=O)Nc1ccc(Cl)c(Cl)c1. The molecule has 1 saturated heterocycles. The number of nitrogens with one attached hydrogen (secondary N) is 2. The second-order valence-corrected chi connectivity index (χ2v) is 9.82. The molecule has 1 aliphatic heterocycles. The molecule has 0 atom stereocenters. The fourth-order valence-corrected chi connectivity index (χ4v) is 4.41. The van der Waals surface area contributed by atoms with E-state index in [2.05, 4.69) is 10.6 Å². The molecular weight excluding hydrogens is 604 g/mol. The minimum absolute atomic E-state index is 0.0478. The van der Waals surface area contributed by atoms with E-state index >= 15 is 0 Å². The van der Waals surface area contributed by atoms with Crippen LogP contribution in [0, 0.1) is 0 Å². The van der Waals surface area contributed by atoms with Gasteiger partial charge in [0.05, 0.1) is 27.4 Å². The molecule has 1 heterocycles. The molecule has 0 bridgehead atoms. The topological polar surface area (TPSA) is 114 Å². The average molecular weight is 623 g/mol. The number of hydrogen-bond donors (Lipinski definition) is 2. The maximum atomic E-state index is 13.2. The lowest BCUT2D eigenvalue weighted by molar-refractivity contribution is -0.122. The van der Waals surface area contributed by atoms with Crippen molar-refractivity contribution in [3.63, 3.8) is 0 Å². The highest BCUT2D eigenvalue weighted by atomic mass is 35.5. The van der Waals surface area contributed by atoms with E-state index in [9.17, 15) is 19.2 Å². The quantitative estimate of drug-likeness (QED) is 0.222. The van der Waals surface area contributed by atoms with Gasteiger partial charge in [0.25, 0.3) is 17.7 Å². The molecule has 40 heavy (non-hydrogen) atoms. The number of benzene rings is 3. The zero-order valence-corrected chi connectivity index (χ0v) is 23.6. The third-order valence-corrected chi connectivity index (χ3v) is 6.62. The lowest BCUT2D eigenvalue weighted by Gasteiger charge is -2.26. The van der Waals surface area contributed by atoms with Gasteiger partial charge in [0.15, 0.2) is 18.1 Å². The van der Waals surface area contributed by atoms with Gasteiger partial charge in [0, 0.05) is 10.7 Å². The van der Waals surface area contributed by atoms with E-state index in [-0.39, 0.29) is 39.4 Å². The summed E-state index contributed by atoms with van der Waals surface area (Å²) in [5.74, 6) is -2.01. The summed E-state index contributed by atoms with van der Waals surface area (Å²) in [4.78, 5) is 51.4. The van der Waals surface area contributed by atoms with Gasteiger partial charge in [-0.3, -0.25) is 19.7 Å².